The third-order valence-electron chi connectivity index (χ3n) is 7.86. The minimum atomic E-state index is -4.79. The average Bonchev–Trinajstić information content (AvgIpc) is 3.44. The van der Waals surface area contributed by atoms with E-state index in [0.29, 0.717) is 17.9 Å². The first kappa shape index (κ1) is 31.5. The molecule has 0 saturated heterocycles. The summed E-state index contributed by atoms with van der Waals surface area (Å²) in [5.41, 5.74) is 6.13. The summed E-state index contributed by atoms with van der Waals surface area (Å²) in [5, 5.41) is 7.11. The molecular formula is C33H33F3N6O3. The standard InChI is InChI=1S/C33H33F3N6O3/c1-3-27(21-9-6-5-7-10-21)38-20-28(43)40(4-2)23-13-15-24(16-14-23)41-18-17-26-29(32(41)45)42(39-30(26)33(34,35)36)25-12-8-11-22(19-25)31(37)44/h5-16,19,27,38H,3-4,17-18,20H2,1-2H3,(H2,37,44)/t27-/m0/s1. The molecule has 234 valence electrons. The largest absolute Gasteiger partial charge is 0.435 e. The van der Waals surface area contributed by atoms with E-state index in [1.165, 1.54) is 29.2 Å². The van der Waals surface area contributed by atoms with E-state index in [2.05, 4.69) is 10.4 Å². The van der Waals surface area contributed by atoms with E-state index in [1.807, 2.05) is 44.2 Å². The molecular weight excluding hydrogens is 585 g/mol. The number of carbonyl (C=O) groups excluding carboxylic acids is 3. The van der Waals surface area contributed by atoms with Crippen molar-refractivity contribution in [1.82, 2.24) is 15.1 Å². The molecule has 9 nitrogen and oxygen atoms in total. The van der Waals surface area contributed by atoms with Gasteiger partial charge in [-0.1, -0.05) is 43.3 Å². The van der Waals surface area contributed by atoms with E-state index in [9.17, 15) is 27.6 Å². The number of anilines is 2. The van der Waals surface area contributed by atoms with Crippen molar-refractivity contribution in [3.8, 4) is 5.69 Å². The second kappa shape index (κ2) is 12.9. The summed E-state index contributed by atoms with van der Waals surface area (Å²) in [7, 11) is 0. The number of nitrogens with two attached hydrogens (primary N) is 1. The molecule has 12 heteroatoms. The Morgan fingerprint density at radius 1 is 1.00 bits per heavy atom. The smallest absolute Gasteiger partial charge is 0.366 e. The topological polar surface area (TPSA) is 114 Å². The summed E-state index contributed by atoms with van der Waals surface area (Å²) in [6.45, 7) is 4.45. The van der Waals surface area contributed by atoms with Gasteiger partial charge < -0.3 is 20.9 Å². The number of nitrogens with one attached hydrogen (secondary N) is 1. The molecule has 3 aromatic carbocycles. The molecule has 3 amide bonds. The molecule has 1 atom stereocenters. The Kier molecular flexibility index (Phi) is 9.05. The van der Waals surface area contributed by atoms with Crippen LogP contribution in [0.4, 0.5) is 24.5 Å². The average molecular weight is 619 g/mol. The van der Waals surface area contributed by atoms with Crippen LogP contribution < -0.4 is 20.9 Å². The zero-order valence-electron chi connectivity index (χ0n) is 24.8. The molecule has 3 N–H and O–H groups in total. The number of carbonyl (C=O) groups is 3. The molecule has 45 heavy (non-hydrogen) atoms. The molecule has 1 aliphatic rings. The van der Waals surface area contributed by atoms with Gasteiger partial charge in [0.25, 0.3) is 5.91 Å². The highest BCUT2D eigenvalue weighted by molar-refractivity contribution is 6.08. The lowest BCUT2D eigenvalue weighted by molar-refractivity contribution is -0.142. The number of hydrogen-bond donors (Lipinski definition) is 2. The van der Waals surface area contributed by atoms with Crippen LogP contribution in [0.25, 0.3) is 5.69 Å². The monoisotopic (exact) mass is 618 g/mol. The van der Waals surface area contributed by atoms with E-state index in [-0.39, 0.29) is 54.0 Å². The first-order valence-corrected chi connectivity index (χ1v) is 14.6. The molecule has 0 unspecified atom stereocenters. The van der Waals surface area contributed by atoms with Crippen molar-refractivity contribution in [2.75, 3.05) is 29.4 Å². The summed E-state index contributed by atoms with van der Waals surface area (Å²) in [6.07, 6.45) is -4.06. The Labute approximate surface area is 258 Å². The Morgan fingerprint density at radius 2 is 1.71 bits per heavy atom. The van der Waals surface area contributed by atoms with Crippen LogP contribution in [-0.4, -0.2) is 47.1 Å². The molecule has 2 heterocycles. The number of alkyl halides is 3. The van der Waals surface area contributed by atoms with Crippen LogP contribution in [0, 0.1) is 0 Å². The maximum absolute atomic E-state index is 14.0. The Bertz CT molecular complexity index is 1700. The SMILES string of the molecule is CC[C@H](NCC(=O)N(CC)c1ccc(N2CCc3c(C(F)(F)F)nn(-c4cccc(C(N)=O)c4)c3C2=O)cc1)c1ccccc1. The molecule has 0 fully saturated rings. The minimum absolute atomic E-state index is 0.000482. The van der Waals surface area contributed by atoms with Crippen LogP contribution in [-0.2, 0) is 17.4 Å². The zero-order valence-corrected chi connectivity index (χ0v) is 24.8. The van der Waals surface area contributed by atoms with Gasteiger partial charge in [-0.15, -0.1) is 0 Å². The Hall–Kier alpha value is -4.97. The van der Waals surface area contributed by atoms with Crippen molar-refractivity contribution >= 4 is 29.1 Å². The molecule has 4 aromatic rings. The predicted molar refractivity (Wildman–Crippen MR) is 164 cm³/mol. The number of fused-ring (bicyclic) bond motifs is 1. The van der Waals surface area contributed by atoms with Gasteiger partial charge in [0.05, 0.1) is 12.2 Å². The van der Waals surface area contributed by atoms with Crippen LogP contribution >= 0.6 is 0 Å². The van der Waals surface area contributed by atoms with Gasteiger partial charge in [0.1, 0.15) is 5.69 Å². The summed E-state index contributed by atoms with van der Waals surface area (Å²) in [5.74, 6) is -1.56. The van der Waals surface area contributed by atoms with Gasteiger partial charge in [0, 0.05) is 41.6 Å². The number of primary amides is 1. The third kappa shape index (κ3) is 6.46. The number of rotatable bonds is 10. The molecule has 0 spiro atoms. The zero-order chi connectivity index (χ0) is 32.3. The fourth-order valence-electron chi connectivity index (χ4n) is 5.62. The molecule has 0 bridgehead atoms. The molecule has 0 radical (unpaired) electrons. The quantitative estimate of drug-likeness (QED) is 0.251. The minimum Gasteiger partial charge on any atom is -0.366 e. The number of halogens is 3. The number of amides is 3. The molecule has 0 saturated carbocycles. The fraction of sp³-hybridized carbons (Fsp3) is 0.273. The number of likely N-dealkylation sites (N-methyl/N-ethyl adjacent to an activating group) is 1. The van der Waals surface area contributed by atoms with E-state index in [1.54, 1.807) is 29.2 Å². The number of hydrogen-bond acceptors (Lipinski definition) is 5. The van der Waals surface area contributed by atoms with Crippen molar-refractivity contribution in [2.45, 2.75) is 38.9 Å². The Morgan fingerprint density at radius 3 is 2.33 bits per heavy atom. The number of benzene rings is 3. The van der Waals surface area contributed by atoms with Crippen LogP contribution in [0.5, 0.6) is 0 Å². The molecule has 1 aromatic heterocycles. The van der Waals surface area contributed by atoms with Gasteiger partial charge in [0.2, 0.25) is 11.8 Å². The van der Waals surface area contributed by atoms with Gasteiger partial charge in [-0.2, -0.15) is 18.3 Å². The summed E-state index contributed by atoms with van der Waals surface area (Å²) < 4.78 is 42.8. The van der Waals surface area contributed by atoms with Crippen molar-refractivity contribution in [2.24, 2.45) is 5.73 Å². The van der Waals surface area contributed by atoms with Crippen LogP contribution in [0.15, 0.2) is 78.9 Å². The van der Waals surface area contributed by atoms with Gasteiger partial charge in [-0.25, -0.2) is 4.68 Å². The maximum atomic E-state index is 14.0. The van der Waals surface area contributed by atoms with Crippen molar-refractivity contribution < 1.29 is 27.6 Å². The molecule has 1 aliphatic heterocycles. The van der Waals surface area contributed by atoms with Crippen molar-refractivity contribution in [3.63, 3.8) is 0 Å². The third-order valence-corrected chi connectivity index (χ3v) is 7.86. The first-order chi connectivity index (χ1) is 21.5. The van der Waals surface area contributed by atoms with E-state index >= 15 is 0 Å². The van der Waals surface area contributed by atoms with Crippen molar-refractivity contribution in [1.29, 1.82) is 0 Å². The fourth-order valence-corrected chi connectivity index (χ4v) is 5.62. The van der Waals surface area contributed by atoms with Gasteiger partial charge in [-0.3, -0.25) is 14.4 Å². The van der Waals surface area contributed by atoms with Crippen LogP contribution in [0.2, 0.25) is 0 Å². The van der Waals surface area contributed by atoms with E-state index in [0.717, 1.165) is 16.7 Å². The van der Waals surface area contributed by atoms with Gasteiger partial charge >= 0.3 is 6.18 Å². The highest BCUT2D eigenvalue weighted by atomic mass is 19.4. The molecule has 5 rings (SSSR count). The molecule has 0 aliphatic carbocycles. The predicted octanol–water partition coefficient (Wildman–Crippen LogP) is 5.29. The number of nitrogens with zero attached hydrogens (tertiary/aromatic N) is 4. The highest BCUT2D eigenvalue weighted by Crippen LogP contribution is 2.37. The summed E-state index contributed by atoms with van der Waals surface area (Å²) >= 11 is 0. The van der Waals surface area contributed by atoms with E-state index < -0.39 is 23.7 Å². The second-order valence-electron chi connectivity index (χ2n) is 10.6. The lowest BCUT2D eigenvalue weighted by Crippen LogP contribution is -2.40. The van der Waals surface area contributed by atoms with Gasteiger partial charge in [0.15, 0.2) is 5.69 Å². The lowest BCUT2D eigenvalue weighted by Gasteiger charge is -2.29. The summed E-state index contributed by atoms with van der Waals surface area (Å²) in [4.78, 5) is 41.7. The Balaban J connectivity index is 1.38. The van der Waals surface area contributed by atoms with Crippen molar-refractivity contribution in [3.05, 3.63) is 107 Å². The maximum Gasteiger partial charge on any atom is 0.435 e. The normalized spacial score (nSPS) is 13.8. The van der Waals surface area contributed by atoms with Crippen LogP contribution in [0.1, 0.15) is 64.0 Å². The van der Waals surface area contributed by atoms with Crippen LogP contribution in [0.3, 0.4) is 0 Å². The number of aromatic nitrogens is 2. The highest BCUT2D eigenvalue weighted by Gasteiger charge is 2.43. The first-order valence-electron chi connectivity index (χ1n) is 14.6. The summed E-state index contributed by atoms with van der Waals surface area (Å²) in [6, 6.07) is 22.3. The lowest BCUT2D eigenvalue weighted by atomic mass is 10.0. The van der Waals surface area contributed by atoms with E-state index in [4.69, 9.17) is 5.73 Å². The van der Waals surface area contributed by atoms with Gasteiger partial charge in [-0.05, 0) is 67.8 Å². The second-order valence-corrected chi connectivity index (χ2v) is 10.6.